The van der Waals surface area contributed by atoms with Gasteiger partial charge in [0.2, 0.25) is 0 Å². The molecule has 0 saturated heterocycles. The molecule has 0 bridgehead atoms. The van der Waals surface area contributed by atoms with Gasteiger partial charge in [-0.2, -0.15) is 0 Å². The zero-order chi connectivity index (χ0) is 23.1. The first-order valence-corrected chi connectivity index (χ1v) is 12.8. The number of aryl methyl sites for hydroxylation is 3. The first kappa shape index (κ1) is 22.1. The standard InChI is InChI=1S/C23H23N3O4S2/c1-16-8-10-20(11-9-16)31(27,28)25-24-23-15-19-6-4-5-7-22(19)26(23)32(29,30)21-13-17(2)12-18(3)14-21/h4-15,24-25H,1-3H3. The minimum Gasteiger partial charge on any atom is -0.292 e. The van der Waals surface area contributed by atoms with Crippen LogP contribution in [0.25, 0.3) is 10.9 Å². The number of sulfonamides is 1. The average molecular weight is 470 g/mol. The van der Waals surface area contributed by atoms with Crippen molar-refractivity contribution >= 4 is 36.8 Å². The van der Waals surface area contributed by atoms with Crippen LogP contribution >= 0.6 is 0 Å². The lowest BCUT2D eigenvalue weighted by Gasteiger charge is -2.15. The molecule has 7 nitrogen and oxygen atoms in total. The van der Waals surface area contributed by atoms with Gasteiger partial charge in [-0.05, 0) is 68.3 Å². The zero-order valence-electron chi connectivity index (χ0n) is 17.8. The Kier molecular flexibility index (Phi) is 5.58. The third-order valence-electron chi connectivity index (χ3n) is 5.04. The van der Waals surface area contributed by atoms with Crippen molar-refractivity contribution < 1.29 is 16.8 Å². The van der Waals surface area contributed by atoms with E-state index in [0.29, 0.717) is 10.9 Å². The molecule has 0 fully saturated rings. The quantitative estimate of drug-likeness (QED) is 0.414. The van der Waals surface area contributed by atoms with Gasteiger partial charge in [-0.15, -0.1) is 4.83 Å². The Bertz CT molecular complexity index is 1500. The molecule has 4 rings (SSSR count). The highest BCUT2D eigenvalue weighted by atomic mass is 32.2. The zero-order valence-corrected chi connectivity index (χ0v) is 19.5. The summed E-state index contributed by atoms with van der Waals surface area (Å²) in [5.41, 5.74) is 5.60. The number of hydrogen-bond donors (Lipinski definition) is 2. The second-order valence-corrected chi connectivity index (χ2v) is 11.2. The molecule has 166 valence electrons. The van der Waals surface area contributed by atoms with Crippen LogP contribution in [0, 0.1) is 20.8 Å². The van der Waals surface area contributed by atoms with Gasteiger partial charge in [0.25, 0.3) is 20.0 Å². The molecule has 2 N–H and O–H groups in total. The van der Waals surface area contributed by atoms with Crippen molar-refractivity contribution in [1.29, 1.82) is 0 Å². The molecule has 1 aromatic heterocycles. The van der Waals surface area contributed by atoms with Crippen LogP contribution in [0.5, 0.6) is 0 Å². The largest absolute Gasteiger partial charge is 0.292 e. The molecular weight excluding hydrogens is 446 g/mol. The van der Waals surface area contributed by atoms with Gasteiger partial charge in [-0.1, -0.05) is 42.0 Å². The number of nitrogens with zero attached hydrogens (tertiary/aromatic N) is 1. The molecule has 0 amide bonds. The number of hydrogen-bond acceptors (Lipinski definition) is 5. The minimum absolute atomic E-state index is 0.0652. The fourth-order valence-electron chi connectivity index (χ4n) is 3.56. The molecule has 1 heterocycles. The Morgan fingerprint density at radius 2 is 1.31 bits per heavy atom. The Labute approximate surface area is 187 Å². The summed E-state index contributed by atoms with van der Waals surface area (Å²) in [6.45, 7) is 5.52. The van der Waals surface area contributed by atoms with Crippen molar-refractivity contribution in [2.24, 2.45) is 0 Å². The Morgan fingerprint density at radius 3 is 1.97 bits per heavy atom. The lowest BCUT2D eigenvalue weighted by molar-refractivity contribution is 0.583. The number of anilines is 1. The van der Waals surface area contributed by atoms with E-state index in [0.717, 1.165) is 20.7 Å². The van der Waals surface area contributed by atoms with Gasteiger partial charge < -0.3 is 0 Å². The smallest absolute Gasteiger partial charge is 0.269 e. The van der Waals surface area contributed by atoms with Gasteiger partial charge in [0, 0.05) is 5.39 Å². The lowest BCUT2D eigenvalue weighted by Crippen LogP contribution is -2.31. The molecular formula is C23H23N3O4S2. The van der Waals surface area contributed by atoms with Crippen LogP contribution < -0.4 is 10.3 Å². The van der Waals surface area contributed by atoms with E-state index in [9.17, 15) is 16.8 Å². The summed E-state index contributed by atoms with van der Waals surface area (Å²) in [7, 11) is -7.94. The van der Waals surface area contributed by atoms with Crippen LogP contribution in [-0.2, 0) is 20.0 Å². The summed E-state index contributed by atoms with van der Waals surface area (Å²) >= 11 is 0. The van der Waals surface area contributed by atoms with Crippen molar-refractivity contribution in [2.45, 2.75) is 30.6 Å². The van der Waals surface area contributed by atoms with E-state index in [4.69, 9.17) is 0 Å². The third-order valence-corrected chi connectivity index (χ3v) is 8.01. The summed E-state index contributed by atoms with van der Waals surface area (Å²) in [6.07, 6.45) is 0. The van der Waals surface area contributed by atoms with Crippen molar-refractivity contribution in [2.75, 3.05) is 5.43 Å². The highest BCUT2D eigenvalue weighted by Gasteiger charge is 2.24. The molecule has 9 heteroatoms. The van der Waals surface area contributed by atoms with E-state index in [1.807, 2.05) is 26.8 Å². The normalized spacial score (nSPS) is 12.2. The van der Waals surface area contributed by atoms with Crippen molar-refractivity contribution in [3.63, 3.8) is 0 Å². The lowest BCUT2D eigenvalue weighted by atomic mass is 10.2. The summed E-state index contributed by atoms with van der Waals surface area (Å²) in [4.78, 5) is 2.49. The van der Waals surface area contributed by atoms with Crippen molar-refractivity contribution in [3.05, 3.63) is 89.5 Å². The fourth-order valence-corrected chi connectivity index (χ4v) is 6.07. The monoisotopic (exact) mass is 469 g/mol. The number of aromatic nitrogens is 1. The van der Waals surface area contributed by atoms with Gasteiger partial charge in [-0.3, -0.25) is 5.43 Å². The first-order chi connectivity index (χ1) is 15.1. The average Bonchev–Trinajstić information content (AvgIpc) is 3.11. The molecule has 0 radical (unpaired) electrons. The fraction of sp³-hybridized carbons (Fsp3) is 0.130. The number of rotatable bonds is 6. The molecule has 4 aromatic rings. The van der Waals surface area contributed by atoms with Crippen LogP contribution in [0.1, 0.15) is 16.7 Å². The van der Waals surface area contributed by atoms with E-state index >= 15 is 0 Å². The minimum atomic E-state index is -4.02. The number of para-hydroxylation sites is 1. The molecule has 0 unspecified atom stereocenters. The second-order valence-electron chi connectivity index (χ2n) is 7.72. The topological polar surface area (TPSA) is 97.3 Å². The number of nitrogens with one attached hydrogen (secondary N) is 2. The Morgan fingerprint density at radius 1 is 0.688 bits per heavy atom. The predicted octanol–water partition coefficient (Wildman–Crippen LogP) is 4.11. The van der Waals surface area contributed by atoms with Crippen LogP contribution in [-0.4, -0.2) is 20.8 Å². The summed E-state index contributed by atoms with van der Waals surface area (Å²) in [6, 6.07) is 20.0. The Hall–Kier alpha value is -3.14. The van der Waals surface area contributed by atoms with E-state index in [1.54, 1.807) is 54.6 Å². The van der Waals surface area contributed by atoms with Crippen LogP contribution in [0.4, 0.5) is 5.82 Å². The molecule has 0 saturated carbocycles. The molecule has 0 atom stereocenters. The van der Waals surface area contributed by atoms with Crippen LogP contribution in [0.2, 0.25) is 0 Å². The second kappa shape index (κ2) is 8.09. The SMILES string of the molecule is Cc1ccc(S(=O)(=O)NNc2cc3ccccc3n2S(=O)(=O)c2cc(C)cc(C)c2)cc1. The van der Waals surface area contributed by atoms with Crippen LogP contribution in [0.15, 0.2) is 82.6 Å². The van der Waals surface area contributed by atoms with E-state index in [-0.39, 0.29) is 15.6 Å². The maximum absolute atomic E-state index is 13.6. The van der Waals surface area contributed by atoms with Crippen LogP contribution in [0.3, 0.4) is 0 Å². The van der Waals surface area contributed by atoms with E-state index in [1.165, 1.54) is 12.1 Å². The van der Waals surface area contributed by atoms with Crippen molar-refractivity contribution in [3.8, 4) is 0 Å². The van der Waals surface area contributed by atoms with E-state index in [2.05, 4.69) is 10.3 Å². The number of benzene rings is 3. The number of fused-ring (bicyclic) bond motifs is 1. The summed E-state index contributed by atoms with van der Waals surface area (Å²) in [5.74, 6) is 0.0843. The molecule has 0 aliphatic carbocycles. The van der Waals surface area contributed by atoms with Gasteiger partial charge in [0.05, 0.1) is 15.3 Å². The molecule has 0 spiro atoms. The summed E-state index contributed by atoms with van der Waals surface area (Å²) < 4.78 is 53.8. The highest BCUT2D eigenvalue weighted by Crippen LogP contribution is 2.29. The first-order valence-electron chi connectivity index (χ1n) is 9.87. The molecule has 0 aliphatic heterocycles. The van der Waals surface area contributed by atoms with Gasteiger partial charge in [0.1, 0.15) is 5.82 Å². The number of hydrazine groups is 1. The predicted molar refractivity (Wildman–Crippen MR) is 126 cm³/mol. The van der Waals surface area contributed by atoms with Crippen molar-refractivity contribution in [1.82, 2.24) is 8.80 Å². The third kappa shape index (κ3) is 4.14. The maximum atomic E-state index is 13.6. The molecule has 32 heavy (non-hydrogen) atoms. The van der Waals surface area contributed by atoms with E-state index < -0.39 is 20.0 Å². The maximum Gasteiger partial charge on any atom is 0.269 e. The van der Waals surface area contributed by atoms with Gasteiger partial charge in [0.15, 0.2) is 0 Å². The van der Waals surface area contributed by atoms with Gasteiger partial charge in [-0.25, -0.2) is 20.8 Å². The molecule has 3 aromatic carbocycles. The highest BCUT2D eigenvalue weighted by molar-refractivity contribution is 7.90. The van der Waals surface area contributed by atoms with Gasteiger partial charge >= 0.3 is 0 Å². The summed E-state index contributed by atoms with van der Waals surface area (Å²) in [5, 5.41) is 0.650. The molecule has 0 aliphatic rings. The Balaban J connectivity index is 1.79.